The van der Waals surface area contributed by atoms with Crippen molar-refractivity contribution in [3.05, 3.63) is 29.3 Å². The normalized spacial score (nSPS) is 11.3. The molecule has 1 aromatic carbocycles. The van der Waals surface area contributed by atoms with Crippen LogP contribution in [0.4, 0.5) is 4.79 Å². The number of halogens is 1. The number of benzene rings is 1. The number of hydrogen-bond acceptors (Lipinski definition) is 6. The molecule has 0 aliphatic carbocycles. The summed E-state index contributed by atoms with van der Waals surface area (Å²) in [6.07, 6.45) is 0.0177. The minimum absolute atomic E-state index is 0.130. The predicted octanol–water partition coefficient (Wildman–Crippen LogP) is 3.44. The van der Waals surface area contributed by atoms with Crippen LogP contribution < -0.4 is 10.1 Å². The number of nitrogens with one attached hydrogen (secondary N) is 1. The molecule has 8 heteroatoms. The molecule has 1 rings (SSSR count). The maximum atomic E-state index is 11.7. The molecule has 0 bridgehead atoms. The molecule has 138 valence electrons. The van der Waals surface area contributed by atoms with E-state index in [1.54, 1.807) is 24.3 Å². The van der Waals surface area contributed by atoms with Crippen LogP contribution in [0.3, 0.4) is 0 Å². The van der Waals surface area contributed by atoms with Crippen LogP contribution in [0.1, 0.15) is 39.5 Å². The number of carbonyl (C=O) groups is 3. The Morgan fingerprint density at radius 2 is 1.84 bits per heavy atom. The zero-order valence-electron chi connectivity index (χ0n) is 14.2. The van der Waals surface area contributed by atoms with Crippen molar-refractivity contribution in [1.82, 2.24) is 5.32 Å². The molecule has 0 radical (unpaired) electrons. The van der Waals surface area contributed by atoms with E-state index < -0.39 is 24.3 Å². The summed E-state index contributed by atoms with van der Waals surface area (Å²) in [5, 5.41) is 3.05. The summed E-state index contributed by atoms with van der Waals surface area (Å²) in [6.45, 7) is 3.35. The van der Waals surface area contributed by atoms with Crippen LogP contribution in [0.2, 0.25) is 5.02 Å². The van der Waals surface area contributed by atoms with Gasteiger partial charge in [-0.3, -0.25) is 9.59 Å². The van der Waals surface area contributed by atoms with Crippen LogP contribution in [-0.2, 0) is 19.1 Å². The third-order valence-electron chi connectivity index (χ3n) is 2.93. The Morgan fingerprint density at radius 1 is 1.16 bits per heavy atom. The van der Waals surface area contributed by atoms with Gasteiger partial charge < -0.3 is 19.5 Å². The Morgan fingerprint density at radius 3 is 2.44 bits per heavy atom. The van der Waals surface area contributed by atoms with E-state index in [4.69, 9.17) is 25.8 Å². The molecule has 25 heavy (non-hydrogen) atoms. The molecule has 0 aliphatic rings. The van der Waals surface area contributed by atoms with E-state index in [1.165, 1.54) is 6.92 Å². The Kier molecular flexibility index (Phi) is 9.39. The highest BCUT2D eigenvalue weighted by atomic mass is 35.5. The van der Waals surface area contributed by atoms with Crippen molar-refractivity contribution in [2.45, 2.75) is 45.8 Å². The van der Waals surface area contributed by atoms with Gasteiger partial charge in [-0.05, 0) is 37.1 Å². The molecule has 0 saturated carbocycles. The third kappa shape index (κ3) is 9.56. The summed E-state index contributed by atoms with van der Waals surface area (Å²) in [4.78, 5) is 34.2. The van der Waals surface area contributed by atoms with E-state index in [0.717, 1.165) is 0 Å². The van der Waals surface area contributed by atoms with E-state index in [9.17, 15) is 14.4 Å². The lowest BCUT2D eigenvalue weighted by molar-refractivity contribution is -0.166. The Balaban J connectivity index is 2.22. The van der Waals surface area contributed by atoms with Gasteiger partial charge in [-0.2, -0.15) is 0 Å². The monoisotopic (exact) mass is 371 g/mol. The minimum atomic E-state index is -0.905. The molecule has 1 N–H and O–H groups in total. The van der Waals surface area contributed by atoms with E-state index in [-0.39, 0.29) is 13.0 Å². The molecule has 0 fully saturated rings. The summed E-state index contributed by atoms with van der Waals surface area (Å²) in [5.41, 5.74) is 0. The van der Waals surface area contributed by atoms with Gasteiger partial charge in [-0.1, -0.05) is 18.5 Å². The largest absolute Gasteiger partial charge is 0.427 e. The smallest absolute Gasteiger partial charge is 0.410 e. The van der Waals surface area contributed by atoms with E-state index in [1.807, 2.05) is 6.92 Å². The second-order valence-electron chi connectivity index (χ2n) is 5.19. The molecule has 0 spiro atoms. The highest BCUT2D eigenvalue weighted by molar-refractivity contribution is 6.30. The third-order valence-corrected chi connectivity index (χ3v) is 3.18. The van der Waals surface area contributed by atoms with Gasteiger partial charge in [-0.15, -0.1) is 0 Å². The number of ether oxygens (including phenoxy) is 3. The highest BCUT2D eigenvalue weighted by Crippen LogP contribution is 2.16. The maximum absolute atomic E-state index is 11.7. The topological polar surface area (TPSA) is 90.9 Å². The van der Waals surface area contributed by atoms with Crippen LogP contribution in [-0.4, -0.2) is 30.9 Å². The average Bonchev–Trinajstić information content (AvgIpc) is 2.53. The summed E-state index contributed by atoms with van der Waals surface area (Å²) in [5.74, 6) is -0.525. The van der Waals surface area contributed by atoms with Crippen molar-refractivity contribution in [2.75, 3.05) is 6.54 Å². The van der Waals surface area contributed by atoms with Crippen molar-refractivity contribution in [3.8, 4) is 5.75 Å². The van der Waals surface area contributed by atoms with Crippen molar-refractivity contribution in [2.24, 2.45) is 0 Å². The van der Waals surface area contributed by atoms with Crippen LogP contribution in [0.15, 0.2) is 24.3 Å². The van der Waals surface area contributed by atoms with E-state index in [0.29, 0.717) is 30.0 Å². The maximum Gasteiger partial charge on any atom is 0.410 e. The fraction of sp³-hybridized carbons (Fsp3) is 0.471. The summed E-state index contributed by atoms with van der Waals surface area (Å²) in [6, 6.07) is 6.44. The Labute approximate surface area is 151 Å². The Hall–Kier alpha value is -2.28. The van der Waals surface area contributed by atoms with Crippen LogP contribution in [0, 0.1) is 0 Å². The van der Waals surface area contributed by atoms with Gasteiger partial charge in [0.2, 0.25) is 6.29 Å². The van der Waals surface area contributed by atoms with Gasteiger partial charge in [0.1, 0.15) is 5.75 Å². The summed E-state index contributed by atoms with van der Waals surface area (Å²) >= 11 is 5.74. The molecule has 0 heterocycles. The standard InChI is InChI=1S/C17H22ClNO6/c1-3-5-16(23-12(2)20)25-17(22)19-11-4-6-15(21)24-14-9-7-13(18)8-10-14/h7-10,16H,3-6,11H2,1-2H3,(H,19,22). The first-order valence-electron chi connectivity index (χ1n) is 7.98. The first-order valence-corrected chi connectivity index (χ1v) is 8.36. The van der Waals surface area contributed by atoms with Gasteiger partial charge >= 0.3 is 18.0 Å². The van der Waals surface area contributed by atoms with Crippen molar-refractivity contribution in [3.63, 3.8) is 0 Å². The number of carbonyl (C=O) groups excluding carboxylic acids is 3. The number of amides is 1. The van der Waals surface area contributed by atoms with Crippen molar-refractivity contribution in [1.29, 1.82) is 0 Å². The van der Waals surface area contributed by atoms with Gasteiger partial charge in [0, 0.05) is 31.3 Å². The zero-order valence-corrected chi connectivity index (χ0v) is 15.0. The quantitative estimate of drug-likeness (QED) is 0.309. The summed E-state index contributed by atoms with van der Waals surface area (Å²) < 4.78 is 15.0. The number of esters is 2. The first-order chi connectivity index (χ1) is 11.9. The van der Waals surface area contributed by atoms with Crippen molar-refractivity contribution >= 4 is 29.6 Å². The molecule has 0 aliphatic heterocycles. The molecule has 7 nitrogen and oxygen atoms in total. The fourth-order valence-corrected chi connectivity index (χ4v) is 1.96. The Bertz CT molecular complexity index is 575. The number of hydrogen-bond donors (Lipinski definition) is 1. The molecular formula is C17H22ClNO6. The molecular weight excluding hydrogens is 350 g/mol. The van der Waals surface area contributed by atoms with Crippen LogP contribution in [0.5, 0.6) is 5.75 Å². The van der Waals surface area contributed by atoms with Gasteiger partial charge in [-0.25, -0.2) is 4.79 Å². The van der Waals surface area contributed by atoms with Crippen LogP contribution in [0.25, 0.3) is 0 Å². The number of alkyl carbamates (subject to hydrolysis) is 1. The van der Waals surface area contributed by atoms with Gasteiger partial charge in [0.05, 0.1) is 0 Å². The lowest BCUT2D eigenvalue weighted by Crippen LogP contribution is -2.32. The highest BCUT2D eigenvalue weighted by Gasteiger charge is 2.16. The van der Waals surface area contributed by atoms with Crippen molar-refractivity contribution < 1.29 is 28.6 Å². The molecule has 1 amide bonds. The van der Waals surface area contributed by atoms with E-state index >= 15 is 0 Å². The average molecular weight is 372 g/mol. The lowest BCUT2D eigenvalue weighted by atomic mass is 10.3. The van der Waals surface area contributed by atoms with E-state index in [2.05, 4.69) is 5.32 Å². The molecule has 0 aromatic heterocycles. The molecule has 1 unspecified atom stereocenters. The van der Waals surface area contributed by atoms with Gasteiger partial charge in [0.15, 0.2) is 0 Å². The minimum Gasteiger partial charge on any atom is -0.427 e. The molecule has 0 saturated heterocycles. The summed E-state index contributed by atoms with van der Waals surface area (Å²) in [7, 11) is 0. The molecule has 1 atom stereocenters. The second-order valence-corrected chi connectivity index (χ2v) is 5.63. The second kappa shape index (κ2) is 11.3. The van der Waals surface area contributed by atoms with Crippen LogP contribution >= 0.6 is 11.6 Å². The lowest BCUT2D eigenvalue weighted by Gasteiger charge is -2.17. The fourth-order valence-electron chi connectivity index (χ4n) is 1.83. The molecule has 1 aromatic rings. The van der Waals surface area contributed by atoms with Gasteiger partial charge in [0.25, 0.3) is 0 Å². The predicted molar refractivity (Wildman–Crippen MR) is 91.3 cm³/mol. The first kappa shape index (κ1) is 20.8. The number of rotatable bonds is 9. The zero-order chi connectivity index (χ0) is 18.7. The SMILES string of the molecule is CCCC(OC(C)=O)OC(=O)NCCCC(=O)Oc1ccc(Cl)cc1.